The summed E-state index contributed by atoms with van der Waals surface area (Å²) in [5.74, 6) is -0.697. The summed E-state index contributed by atoms with van der Waals surface area (Å²) < 4.78 is 6.69. The molecule has 0 saturated heterocycles. The van der Waals surface area contributed by atoms with Gasteiger partial charge in [-0.3, -0.25) is 10.1 Å². The van der Waals surface area contributed by atoms with Gasteiger partial charge in [-0.05, 0) is 35.1 Å². The van der Waals surface area contributed by atoms with E-state index in [9.17, 15) is 14.9 Å². The third-order valence-electron chi connectivity index (χ3n) is 3.23. The number of rotatable bonds is 3. The number of nitrogen functional groups attached to an aromatic ring is 1. The molecule has 0 spiro atoms. The summed E-state index contributed by atoms with van der Waals surface area (Å²) in [6, 6.07) is 4.68. The highest BCUT2D eigenvalue weighted by Gasteiger charge is 2.24. The number of halogens is 1. The smallest absolute Gasteiger partial charge is 0.357 e. The average molecular weight is 426 g/mol. The molecule has 8 nitrogen and oxygen atoms in total. The summed E-state index contributed by atoms with van der Waals surface area (Å²) in [5, 5.41) is 20.1. The number of non-ortho nitro benzene ring substituents is 1. The molecule has 0 saturated carbocycles. The van der Waals surface area contributed by atoms with Crippen LogP contribution in [0.4, 0.5) is 11.4 Å². The van der Waals surface area contributed by atoms with Crippen LogP contribution in [-0.2, 0) is 4.74 Å². The highest BCUT2D eigenvalue weighted by molar-refractivity contribution is 14.1. The number of nitro groups is 1. The zero-order chi connectivity index (χ0) is 17.3. The molecular weight excluding hydrogens is 415 g/mol. The molecule has 0 aliphatic rings. The van der Waals surface area contributed by atoms with Crippen LogP contribution in [0.15, 0.2) is 18.3 Å². The number of carbonyl (C=O) groups is 1. The lowest BCUT2D eigenvalue weighted by atomic mass is 10.1. The number of benzene rings is 1. The zero-order valence-electron chi connectivity index (χ0n) is 12.2. The highest BCUT2D eigenvalue weighted by atomic mass is 127. The number of nitriles is 1. The van der Waals surface area contributed by atoms with E-state index in [4.69, 9.17) is 15.7 Å². The molecule has 0 aliphatic heterocycles. The largest absolute Gasteiger partial charge is 0.464 e. The second kappa shape index (κ2) is 6.25. The van der Waals surface area contributed by atoms with Crippen LogP contribution in [0.2, 0.25) is 0 Å². The molecule has 0 fully saturated rings. The standard InChI is InChI=1S/C14H11IN4O4/c1-7-3-9(19(21)22)4-10(15)12(7)18-6-8(5-16)11(17)13(18)14(20)23-2/h3-4,6H,17H2,1-2H3. The molecule has 0 radical (unpaired) electrons. The van der Waals surface area contributed by atoms with Gasteiger partial charge in [0.05, 0.1) is 29.0 Å². The van der Waals surface area contributed by atoms with E-state index < -0.39 is 10.9 Å². The van der Waals surface area contributed by atoms with Gasteiger partial charge in [0.1, 0.15) is 6.07 Å². The van der Waals surface area contributed by atoms with Crippen molar-refractivity contribution in [3.63, 3.8) is 0 Å². The molecule has 1 aromatic carbocycles. The molecule has 1 aromatic heterocycles. The number of nitrogens with two attached hydrogens (primary N) is 1. The van der Waals surface area contributed by atoms with Gasteiger partial charge < -0.3 is 15.0 Å². The zero-order valence-corrected chi connectivity index (χ0v) is 14.3. The summed E-state index contributed by atoms with van der Waals surface area (Å²) in [5.41, 5.74) is 7.03. The fourth-order valence-corrected chi connectivity index (χ4v) is 3.22. The molecule has 1 heterocycles. The number of aryl methyl sites for hydroxylation is 1. The Morgan fingerprint density at radius 1 is 1.52 bits per heavy atom. The van der Waals surface area contributed by atoms with Gasteiger partial charge in [0.15, 0.2) is 5.69 Å². The summed E-state index contributed by atoms with van der Waals surface area (Å²) in [6.07, 6.45) is 1.41. The molecule has 9 heteroatoms. The molecule has 0 amide bonds. The number of nitro benzene ring substituents is 1. The van der Waals surface area contributed by atoms with Crippen molar-refractivity contribution < 1.29 is 14.5 Å². The summed E-state index contributed by atoms with van der Waals surface area (Å²) in [4.78, 5) is 22.5. The van der Waals surface area contributed by atoms with Crippen molar-refractivity contribution in [1.82, 2.24) is 4.57 Å². The van der Waals surface area contributed by atoms with E-state index in [0.29, 0.717) is 14.8 Å². The maximum atomic E-state index is 12.0. The van der Waals surface area contributed by atoms with Gasteiger partial charge in [0.25, 0.3) is 5.69 Å². The first-order valence-electron chi connectivity index (χ1n) is 6.26. The van der Waals surface area contributed by atoms with Crippen LogP contribution < -0.4 is 5.73 Å². The van der Waals surface area contributed by atoms with Crippen LogP contribution >= 0.6 is 22.6 Å². The van der Waals surface area contributed by atoms with E-state index in [1.165, 1.54) is 30.0 Å². The number of ether oxygens (including phenoxy) is 1. The Morgan fingerprint density at radius 2 is 2.17 bits per heavy atom. The van der Waals surface area contributed by atoms with Gasteiger partial charge in [-0.1, -0.05) is 0 Å². The van der Waals surface area contributed by atoms with Crippen molar-refractivity contribution >= 4 is 39.9 Å². The number of nitrogens with zero attached hydrogens (tertiary/aromatic N) is 3. The minimum Gasteiger partial charge on any atom is -0.464 e. The van der Waals surface area contributed by atoms with Crippen molar-refractivity contribution in [2.45, 2.75) is 6.92 Å². The summed E-state index contributed by atoms with van der Waals surface area (Å²) in [6.45, 7) is 1.67. The first-order chi connectivity index (χ1) is 10.8. The number of carbonyl (C=O) groups excluding carboxylic acids is 1. The predicted molar refractivity (Wildman–Crippen MR) is 90.3 cm³/mol. The van der Waals surface area contributed by atoms with Crippen LogP contribution in [0, 0.1) is 31.9 Å². The van der Waals surface area contributed by atoms with Crippen LogP contribution in [0.3, 0.4) is 0 Å². The first-order valence-corrected chi connectivity index (χ1v) is 7.33. The first kappa shape index (κ1) is 16.8. The normalized spacial score (nSPS) is 10.2. The van der Waals surface area contributed by atoms with E-state index in [-0.39, 0.29) is 22.6 Å². The van der Waals surface area contributed by atoms with E-state index >= 15 is 0 Å². The third kappa shape index (κ3) is 2.85. The van der Waals surface area contributed by atoms with E-state index in [0.717, 1.165) is 0 Å². The Morgan fingerprint density at radius 3 is 2.65 bits per heavy atom. The van der Waals surface area contributed by atoms with Crippen molar-refractivity contribution in [3.05, 3.63) is 48.8 Å². The van der Waals surface area contributed by atoms with Crippen LogP contribution in [0.1, 0.15) is 21.6 Å². The van der Waals surface area contributed by atoms with Gasteiger partial charge in [-0.2, -0.15) is 5.26 Å². The summed E-state index contributed by atoms with van der Waals surface area (Å²) >= 11 is 1.93. The second-order valence-corrected chi connectivity index (χ2v) is 5.79. The van der Waals surface area contributed by atoms with Gasteiger partial charge in [0, 0.05) is 21.9 Å². The van der Waals surface area contributed by atoms with Crippen LogP contribution in [-0.4, -0.2) is 22.6 Å². The monoisotopic (exact) mass is 426 g/mol. The minimum absolute atomic E-state index is 0.00732. The molecule has 2 rings (SSSR count). The van der Waals surface area contributed by atoms with Gasteiger partial charge in [0.2, 0.25) is 0 Å². The molecule has 0 unspecified atom stereocenters. The van der Waals surface area contributed by atoms with Crippen LogP contribution in [0.25, 0.3) is 5.69 Å². The lowest BCUT2D eigenvalue weighted by Gasteiger charge is -2.13. The molecular formula is C14H11IN4O4. The van der Waals surface area contributed by atoms with Crippen molar-refractivity contribution in [1.29, 1.82) is 5.26 Å². The van der Waals surface area contributed by atoms with Gasteiger partial charge in [-0.25, -0.2) is 4.79 Å². The Bertz CT molecular complexity index is 843. The maximum absolute atomic E-state index is 12.0. The molecule has 0 atom stereocenters. The minimum atomic E-state index is -0.697. The number of anilines is 1. The lowest BCUT2D eigenvalue weighted by Crippen LogP contribution is -2.13. The molecule has 0 aliphatic carbocycles. The molecule has 23 heavy (non-hydrogen) atoms. The second-order valence-electron chi connectivity index (χ2n) is 4.63. The van der Waals surface area contributed by atoms with E-state index in [2.05, 4.69) is 0 Å². The predicted octanol–water partition coefficient (Wildman–Crippen LogP) is 2.54. The number of hydrogen-bond donors (Lipinski definition) is 1. The van der Waals surface area contributed by atoms with Gasteiger partial charge in [-0.15, -0.1) is 0 Å². The topological polar surface area (TPSA) is 124 Å². The number of hydrogen-bond acceptors (Lipinski definition) is 6. The fraction of sp³-hybridized carbons (Fsp3) is 0.143. The number of aromatic nitrogens is 1. The Hall–Kier alpha value is -2.61. The van der Waals surface area contributed by atoms with E-state index in [1.54, 1.807) is 6.92 Å². The average Bonchev–Trinajstić information content (AvgIpc) is 2.82. The summed E-state index contributed by atoms with van der Waals surface area (Å²) in [7, 11) is 1.21. The molecule has 0 bridgehead atoms. The molecule has 118 valence electrons. The Kier molecular flexibility index (Phi) is 4.55. The highest BCUT2D eigenvalue weighted by Crippen LogP contribution is 2.31. The van der Waals surface area contributed by atoms with Crippen molar-refractivity contribution in [2.75, 3.05) is 12.8 Å². The van der Waals surface area contributed by atoms with Crippen molar-refractivity contribution in [2.24, 2.45) is 0 Å². The van der Waals surface area contributed by atoms with E-state index in [1.807, 2.05) is 28.7 Å². The fourth-order valence-electron chi connectivity index (χ4n) is 2.22. The Balaban J connectivity index is 2.80. The van der Waals surface area contributed by atoms with Crippen molar-refractivity contribution in [3.8, 4) is 11.8 Å². The molecule has 2 N–H and O–H groups in total. The number of esters is 1. The maximum Gasteiger partial charge on any atom is 0.357 e. The molecule has 2 aromatic rings. The Labute approximate surface area is 144 Å². The quantitative estimate of drug-likeness (QED) is 0.348. The SMILES string of the molecule is COC(=O)c1c(N)c(C#N)cn1-c1c(C)cc([N+](=O)[O-])cc1I. The third-order valence-corrected chi connectivity index (χ3v) is 4.06. The number of methoxy groups -OCH3 is 1. The van der Waals surface area contributed by atoms with Gasteiger partial charge >= 0.3 is 5.97 Å². The van der Waals surface area contributed by atoms with Crippen LogP contribution in [0.5, 0.6) is 0 Å². The lowest BCUT2D eigenvalue weighted by molar-refractivity contribution is -0.385.